The number of benzene rings is 2. The number of hydrogen-bond donors (Lipinski definition) is 1. The first-order valence-electron chi connectivity index (χ1n) is 11.0. The van der Waals surface area contributed by atoms with Gasteiger partial charge in [-0.25, -0.2) is 0 Å². The summed E-state index contributed by atoms with van der Waals surface area (Å²) in [7, 11) is 0. The molecule has 31 heavy (non-hydrogen) atoms. The molecule has 0 spiro atoms. The lowest BCUT2D eigenvalue weighted by Crippen LogP contribution is -2.73. The van der Waals surface area contributed by atoms with E-state index in [1.165, 1.54) is 5.56 Å². The Morgan fingerprint density at radius 3 is 2.48 bits per heavy atom. The van der Waals surface area contributed by atoms with Gasteiger partial charge in [-0.3, -0.25) is 9.59 Å². The van der Waals surface area contributed by atoms with Gasteiger partial charge >= 0.3 is 0 Å². The van der Waals surface area contributed by atoms with Gasteiger partial charge in [-0.1, -0.05) is 54.3 Å². The second-order valence-corrected chi connectivity index (χ2v) is 8.72. The van der Waals surface area contributed by atoms with Gasteiger partial charge in [-0.05, 0) is 36.1 Å². The van der Waals surface area contributed by atoms with Crippen molar-refractivity contribution in [2.75, 3.05) is 19.7 Å². The number of amides is 2. The van der Waals surface area contributed by atoms with Gasteiger partial charge in [0.2, 0.25) is 11.8 Å². The summed E-state index contributed by atoms with van der Waals surface area (Å²) in [6.45, 7) is 0.633. The monoisotopic (exact) mass is 414 g/mol. The lowest BCUT2D eigenvalue weighted by Gasteiger charge is -2.58. The van der Waals surface area contributed by atoms with E-state index in [1.54, 1.807) is 9.80 Å². The smallest absolute Gasteiger partial charge is 0.242 e. The fourth-order valence-corrected chi connectivity index (χ4v) is 4.89. The Kier molecular flexibility index (Phi) is 5.25. The van der Waals surface area contributed by atoms with E-state index in [-0.39, 0.29) is 48.9 Å². The number of nitrogens with zero attached hydrogens (tertiary/aromatic N) is 2. The molecule has 3 aliphatic rings. The second kappa shape index (κ2) is 8.20. The normalized spacial score (nSPS) is 24.7. The predicted octanol–water partition coefficient (Wildman–Crippen LogP) is 2.19. The van der Waals surface area contributed by atoms with Crippen LogP contribution in [0.4, 0.5) is 0 Å². The average molecular weight is 415 g/mol. The van der Waals surface area contributed by atoms with Crippen molar-refractivity contribution < 1.29 is 14.7 Å². The average Bonchev–Trinajstić information content (AvgIpc) is 3.62. The number of rotatable bonds is 4. The third kappa shape index (κ3) is 3.84. The Bertz CT molecular complexity index is 1030. The Hall–Kier alpha value is -3.10. The summed E-state index contributed by atoms with van der Waals surface area (Å²) < 4.78 is 0. The van der Waals surface area contributed by atoms with Crippen LogP contribution < -0.4 is 0 Å². The van der Waals surface area contributed by atoms with E-state index in [1.807, 2.05) is 42.5 Å². The van der Waals surface area contributed by atoms with Crippen LogP contribution in [0, 0.1) is 17.8 Å². The molecule has 5 rings (SSSR count). The molecule has 0 unspecified atom stereocenters. The van der Waals surface area contributed by atoms with Crippen LogP contribution in [0.1, 0.15) is 35.4 Å². The van der Waals surface area contributed by atoms with Crippen molar-refractivity contribution in [2.24, 2.45) is 5.92 Å². The SMILES string of the molecule is O=C(C1CC1)N1CC(=O)N2[C@H](C1)[C@H](c1ccc(C#CCc3ccccc3)cc1)[C@@H]2CO. The second-order valence-electron chi connectivity index (χ2n) is 8.72. The van der Waals surface area contributed by atoms with Crippen LogP contribution in [0.25, 0.3) is 0 Å². The maximum atomic E-state index is 12.7. The quantitative estimate of drug-likeness (QED) is 0.781. The zero-order chi connectivity index (χ0) is 21.4. The minimum Gasteiger partial charge on any atom is -0.394 e. The molecule has 5 nitrogen and oxygen atoms in total. The molecule has 2 aliphatic heterocycles. The Morgan fingerprint density at radius 1 is 1.06 bits per heavy atom. The van der Waals surface area contributed by atoms with E-state index >= 15 is 0 Å². The molecule has 1 aliphatic carbocycles. The molecule has 158 valence electrons. The highest BCUT2D eigenvalue weighted by molar-refractivity contribution is 5.89. The molecule has 0 aromatic heterocycles. The largest absolute Gasteiger partial charge is 0.394 e. The maximum Gasteiger partial charge on any atom is 0.242 e. The van der Waals surface area contributed by atoms with Crippen molar-refractivity contribution in [3.63, 3.8) is 0 Å². The summed E-state index contributed by atoms with van der Waals surface area (Å²) in [6.07, 6.45) is 2.59. The van der Waals surface area contributed by atoms with E-state index in [0.717, 1.165) is 24.0 Å². The van der Waals surface area contributed by atoms with Crippen LogP contribution in [-0.2, 0) is 16.0 Å². The topological polar surface area (TPSA) is 60.9 Å². The molecule has 2 heterocycles. The number of piperazine rings is 1. The number of aliphatic hydroxyl groups is 1. The zero-order valence-corrected chi connectivity index (χ0v) is 17.4. The minimum absolute atomic E-state index is 0.0371. The number of carbonyl (C=O) groups is 2. The third-order valence-electron chi connectivity index (χ3n) is 6.65. The van der Waals surface area contributed by atoms with Crippen molar-refractivity contribution in [2.45, 2.75) is 37.3 Å². The molecular formula is C26H26N2O3. The Balaban J connectivity index is 1.29. The molecule has 0 bridgehead atoms. The van der Waals surface area contributed by atoms with Crippen LogP contribution in [0.5, 0.6) is 0 Å². The van der Waals surface area contributed by atoms with Crippen molar-refractivity contribution >= 4 is 11.8 Å². The van der Waals surface area contributed by atoms with Crippen molar-refractivity contribution in [1.29, 1.82) is 0 Å². The summed E-state index contributed by atoms with van der Waals surface area (Å²) in [5.41, 5.74) is 3.23. The van der Waals surface area contributed by atoms with Crippen LogP contribution in [0.3, 0.4) is 0 Å². The first-order chi connectivity index (χ1) is 15.2. The van der Waals surface area contributed by atoms with E-state index in [0.29, 0.717) is 13.0 Å². The van der Waals surface area contributed by atoms with Crippen LogP contribution in [0.2, 0.25) is 0 Å². The highest BCUT2D eigenvalue weighted by Gasteiger charge is 2.55. The number of fused-ring (bicyclic) bond motifs is 1. The predicted molar refractivity (Wildman–Crippen MR) is 117 cm³/mol. The number of carbonyl (C=O) groups excluding carboxylic acids is 2. The molecule has 3 fully saturated rings. The van der Waals surface area contributed by atoms with Crippen LogP contribution >= 0.6 is 0 Å². The fraction of sp³-hybridized carbons (Fsp3) is 0.385. The van der Waals surface area contributed by atoms with E-state index < -0.39 is 0 Å². The minimum atomic E-state index is -0.217. The molecule has 2 aromatic rings. The lowest BCUT2D eigenvalue weighted by atomic mass is 9.73. The van der Waals surface area contributed by atoms with E-state index in [9.17, 15) is 14.7 Å². The zero-order valence-electron chi connectivity index (χ0n) is 17.4. The Morgan fingerprint density at radius 2 is 1.81 bits per heavy atom. The summed E-state index contributed by atoms with van der Waals surface area (Å²) >= 11 is 0. The highest BCUT2D eigenvalue weighted by atomic mass is 16.3. The van der Waals surface area contributed by atoms with Gasteiger partial charge in [0.25, 0.3) is 0 Å². The van der Waals surface area contributed by atoms with Crippen molar-refractivity contribution in [3.8, 4) is 11.8 Å². The summed E-state index contributed by atoms with van der Waals surface area (Å²) in [6, 6.07) is 18.0. The highest BCUT2D eigenvalue weighted by Crippen LogP contribution is 2.43. The number of hydrogen-bond acceptors (Lipinski definition) is 3. The molecule has 2 aromatic carbocycles. The van der Waals surface area contributed by atoms with E-state index in [2.05, 4.69) is 24.0 Å². The van der Waals surface area contributed by atoms with Gasteiger partial charge in [0.1, 0.15) is 0 Å². The Labute approximate surface area is 182 Å². The van der Waals surface area contributed by atoms with Gasteiger partial charge in [-0.15, -0.1) is 0 Å². The summed E-state index contributed by atoms with van der Waals surface area (Å²) in [5.74, 6) is 6.63. The fourth-order valence-electron chi connectivity index (χ4n) is 4.89. The lowest BCUT2D eigenvalue weighted by molar-refractivity contribution is -0.167. The molecular weight excluding hydrogens is 388 g/mol. The molecule has 1 saturated carbocycles. The van der Waals surface area contributed by atoms with Crippen molar-refractivity contribution in [1.82, 2.24) is 9.80 Å². The molecule has 3 atom stereocenters. The van der Waals surface area contributed by atoms with Gasteiger partial charge in [0.15, 0.2) is 0 Å². The molecule has 2 amide bonds. The van der Waals surface area contributed by atoms with Crippen LogP contribution in [0.15, 0.2) is 54.6 Å². The first kappa shape index (κ1) is 19.8. The van der Waals surface area contributed by atoms with Crippen LogP contribution in [-0.4, -0.2) is 58.5 Å². The molecule has 1 N–H and O–H groups in total. The first-order valence-corrected chi connectivity index (χ1v) is 11.0. The summed E-state index contributed by atoms with van der Waals surface area (Å²) in [4.78, 5) is 28.7. The van der Waals surface area contributed by atoms with Gasteiger partial charge in [0, 0.05) is 30.4 Å². The number of aliphatic hydroxyl groups excluding tert-OH is 1. The molecule has 5 heteroatoms. The van der Waals surface area contributed by atoms with Gasteiger partial charge < -0.3 is 14.9 Å². The molecule has 0 radical (unpaired) electrons. The van der Waals surface area contributed by atoms with Crippen molar-refractivity contribution in [3.05, 3.63) is 71.3 Å². The van der Waals surface area contributed by atoms with Gasteiger partial charge in [-0.2, -0.15) is 0 Å². The van der Waals surface area contributed by atoms with Gasteiger partial charge in [0.05, 0.1) is 25.2 Å². The maximum absolute atomic E-state index is 12.7. The molecule has 2 saturated heterocycles. The standard InChI is InChI=1S/C26H26N2O3/c29-17-23-25(22-15-27(16-24(30)28(22)23)26(31)21-13-14-21)20-11-9-19(10-12-20)8-4-7-18-5-2-1-3-6-18/h1-3,5-6,9-12,21-23,25,29H,7,13-17H2/t22-,23+,25+/m1/s1. The summed E-state index contributed by atoms with van der Waals surface area (Å²) in [5, 5.41) is 9.93. The third-order valence-corrected chi connectivity index (χ3v) is 6.65. The van der Waals surface area contributed by atoms with E-state index in [4.69, 9.17) is 0 Å².